The number of carbonyl (C=O) groups is 1. The van der Waals surface area contributed by atoms with Crippen LogP contribution in [0.3, 0.4) is 0 Å². The van der Waals surface area contributed by atoms with Gasteiger partial charge in [0.25, 0.3) is 0 Å². The molecule has 23 heavy (non-hydrogen) atoms. The number of urea groups is 1. The predicted molar refractivity (Wildman–Crippen MR) is 86.9 cm³/mol. The summed E-state index contributed by atoms with van der Waals surface area (Å²) in [5.41, 5.74) is 1.72. The highest BCUT2D eigenvalue weighted by Crippen LogP contribution is 2.36. The Hall–Kier alpha value is -2.06. The van der Waals surface area contributed by atoms with Crippen LogP contribution in [0.4, 0.5) is 4.79 Å². The molecule has 0 radical (unpaired) electrons. The standard InChI is InChI=1S/C18H23N3O2/c1-13-11-21(12-17(23-13)16-5-6-16)18(22)20-8-7-14-3-2-4-15(9-14)10-19/h2-4,9,13,16-17H,5-8,11-12H2,1H3,(H,20,22)/t13-,17-/m1/s1. The Bertz CT molecular complexity index is 607. The summed E-state index contributed by atoms with van der Waals surface area (Å²) >= 11 is 0. The van der Waals surface area contributed by atoms with Crippen LogP contribution in [0.5, 0.6) is 0 Å². The number of rotatable bonds is 4. The van der Waals surface area contributed by atoms with Crippen molar-refractivity contribution < 1.29 is 9.53 Å². The fourth-order valence-corrected chi connectivity index (χ4v) is 3.10. The van der Waals surface area contributed by atoms with Gasteiger partial charge in [-0.2, -0.15) is 5.26 Å². The summed E-state index contributed by atoms with van der Waals surface area (Å²) in [4.78, 5) is 14.2. The van der Waals surface area contributed by atoms with E-state index < -0.39 is 0 Å². The molecule has 122 valence electrons. The zero-order chi connectivity index (χ0) is 16.2. The zero-order valence-electron chi connectivity index (χ0n) is 13.5. The number of nitriles is 1. The fraction of sp³-hybridized carbons (Fsp3) is 0.556. The largest absolute Gasteiger partial charge is 0.371 e. The van der Waals surface area contributed by atoms with E-state index in [0.717, 1.165) is 12.0 Å². The van der Waals surface area contributed by atoms with Gasteiger partial charge in [-0.15, -0.1) is 0 Å². The van der Waals surface area contributed by atoms with Crippen LogP contribution < -0.4 is 5.32 Å². The first-order valence-corrected chi connectivity index (χ1v) is 8.33. The Balaban J connectivity index is 1.47. The molecule has 1 N–H and O–H groups in total. The second-order valence-electron chi connectivity index (χ2n) is 6.52. The van der Waals surface area contributed by atoms with E-state index in [0.29, 0.717) is 31.1 Å². The van der Waals surface area contributed by atoms with Gasteiger partial charge in [-0.3, -0.25) is 0 Å². The van der Waals surface area contributed by atoms with Gasteiger partial charge in [0.05, 0.1) is 23.8 Å². The predicted octanol–water partition coefficient (Wildman–Crippen LogP) is 2.31. The van der Waals surface area contributed by atoms with Crippen LogP contribution in [0.2, 0.25) is 0 Å². The van der Waals surface area contributed by atoms with E-state index in [1.165, 1.54) is 12.8 Å². The first kappa shape index (κ1) is 15.8. The summed E-state index contributed by atoms with van der Waals surface area (Å²) in [6, 6.07) is 9.63. The minimum Gasteiger partial charge on any atom is -0.371 e. The van der Waals surface area contributed by atoms with Gasteiger partial charge in [-0.05, 0) is 49.8 Å². The molecule has 2 atom stereocenters. The van der Waals surface area contributed by atoms with E-state index in [4.69, 9.17) is 10.00 Å². The Morgan fingerprint density at radius 3 is 3.00 bits per heavy atom. The maximum Gasteiger partial charge on any atom is 0.317 e. The Labute approximate surface area is 137 Å². The molecule has 1 saturated heterocycles. The highest BCUT2D eigenvalue weighted by molar-refractivity contribution is 5.74. The van der Waals surface area contributed by atoms with Crippen LogP contribution in [0.25, 0.3) is 0 Å². The molecule has 1 saturated carbocycles. The third kappa shape index (κ3) is 4.23. The fourth-order valence-electron chi connectivity index (χ4n) is 3.10. The zero-order valence-corrected chi connectivity index (χ0v) is 13.5. The van der Waals surface area contributed by atoms with E-state index in [-0.39, 0.29) is 18.2 Å². The molecule has 2 fully saturated rings. The van der Waals surface area contributed by atoms with Crippen molar-refractivity contribution in [3.8, 4) is 6.07 Å². The molecule has 0 aromatic heterocycles. The van der Waals surface area contributed by atoms with Crippen molar-refractivity contribution in [1.29, 1.82) is 5.26 Å². The van der Waals surface area contributed by atoms with E-state index >= 15 is 0 Å². The lowest BCUT2D eigenvalue weighted by Crippen LogP contribution is -2.53. The minimum absolute atomic E-state index is 0.0118. The molecule has 1 aromatic rings. The van der Waals surface area contributed by atoms with Crippen molar-refractivity contribution in [2.75, 3.05) is 19.6 Å². The molecule has 0 spiro atoms. The van der Waals surface area contributed by atoms with Crippen molar-refractivity contribution in [3.63, 3.8) is 0 Å². The van der Waals surface area contributed by atoms with Crippen molar-refractivity contribution in [3.05, 3.63) is 35.4 Å². The van der Waals surface area contributed by atoms with Crippen LogP contribution in [-0.4, -0.2) is 42.8 Å². The average molecular weight is 313 g/mol. The lowest BCUT2D eigenvalue weighted by molar-refractivity contribution is -0.0730. The lowest BCUT2D eigenvalue weighted by Gasteiger charge is -2.37. The Kier molecular flexibility index (Phi) is 4.82. The third-order valence-electron chi connectivity index (χ3n) is 4.47. The second kappa shape index (κ2) is 7.01. The molecule has 1 aliphatic carbocycles. The number of hydrogen-bond acceptors (Lipinski definition) is 3. The maximum absolute atomic E-state index is 12.4. The smallest absolute Gasteiger partial charge is 0.317 e. The molecule has 2 aliphatic rings. The van der Waals surface area contributed by atoms with Crippen LogP contribution in [0.1, 0.15) is 30.9 Å². The highest BCUT2D eigenvalue weighted by Gasteiger charge is 2.38. The first-order chi connectivity index (χ1) is 11.2. The molecule has 2 amide bonds. The molecular weight excluding hydrogens is 290 g/mol. The van der Waals surface area contributed by atoms with Crippen molar-refractivity contribution in [2.24, 2.45) is 5.92 Å². The Morgan fingerprint density at radius 2 is 2.26 bits per heavy atom. The second-order valence-corrected chi connectivity index (χ2v) is 6.52. The van der Waals surface area contributed by atoms with Gasteiger partial charge in [0.1, 0.15) is 0 Å². The van der Waals surface area contributed by atoms with Gasteiger partial charge < -0.3 is 15.0 Å². The Morgan fingerprint density at radius 1 is 1.43 bits per heavy atom. The molecule has 5 heteroatoms. The van der Waals surface area contributed by atoms with Crippen molar-refractivity contribution >= 4 is 6.03 Å². The number of amides is 2. The monoisotopic (exact) mass is 313 g/mol. The molecule has 0 bridgehead atoms. The van der Waals surface area contributed by atoms with E-state index in [2.05, 4.69) is 11.4 Å². The van der Waals surface area contributed by atoms with Crippen molar-refractivity contribution in [2.45, 2.75) is 38.4 Å². The summed E-state index contributed by atoms with van der Waals surface area (Å²) in [6.45, 7) is 3.96. The van der Waals surface area contributed by atoms with Gasteiger partial charge in [0.15, 0.2) is 0 Å². The van der Waals surface area contributed by atoms with Crippen molar-refractivity contribution in [1.82, 2.24) is 10.2 Å². The summed E-state index contributed by atoms with van der Waals surface area (Å²) in [7, 11) is 0. The van der Waals surface area contributed by atoms with Gasteiger partial charge in [0, 0.05) is 19.6 Å². The number of carbonyl (C=O) groups excluding carboxylic acids is 1. The van der Waals surface area contributed by atoms with Crippen LogP contribution in [0, 0.1) is 17.2 Å². The maximum atomic E-state index is 12.4. The SMILES string of the molecule is C[C@@H]1CN(C(=O)NCCc2cccc(C#N)c2)C[C@H](C2CC2)O1. The van der Waals surface area contributed by atoms with E-state index in [9.17, 15) is 4.79 Å². The summed E-state index contributed by atoms with van der Waals surface area (Å²) in [5, 5.41) is 11.9. The number of benzene rings is 1. The topological polar surface area (TPSA) is 65.4 Å². The van der Waals surface area contributed by atoms with Crippen LogP contribution in [0.15, 0.2) is 24.3 Å². The molecule has 5 nitrogen and oxygen atoms in total. The molecular formula is C18H23N3O2. The summed E-state index contributed by atoms with van der Waals surface area (Å²) in [5.74, 6) is 0.641. The normalized spacial score (nSPS) is 24.1. The molecule has 3 rings (SSSR count). The number of nitrogens with one attached hydrogen (secondary N) is 1. The molecule has 1 aliphatic heterocycles. The number of ether oxygens (including phenoxy) is 1. The van der Waals surface area contributed by atoms with Gasteiger partial charge in [-0.25, -0.2) is 4.79 Å². The van der Waals surface area contributed by atoms with Crippen LogP contribution >= 0.6 is 0 Å². The summed E-state index contributed by atoms with van der Waals surface area (Å²) in [6.07, 6.45) is 3.49. The summed E-state index contributed by atoms with van der Waals surface area (Å²) < 4.78 is 5.94. The lowest BCUT2D eigenvalue weighted by atomic mass is 10.1. The quantitative estimate of drug-likeness (QED) is 0.927. The number of nitrogens with zero attached hydrogens (tertiary/aromatic N) is 2. The minimum atomic E-state index is -0.0118. The van der Waals surface area contributed by atoms with Gasteiger partial charge in [0.2, 0.25) is 0 Å². The number of hydrogen-bond donors (Lipinski definition) is 1. The molecule has 1 aromatic carbocycles. The van der Waals surface area contributed by atoms with E-state index in [1.54, 1.807) is 6.07 Å². The number of morpholine rings is 1. The molecule has 1 heterocycles. The highest BCUT2D eigenvalue weighted by atomic mass is 16.5. The van der Waals surface area contributed by atoms with Gasteiger partial charge >= 0.3 is 6.03 Å². The third-order valence-corrected chi connectivity index (χ3v) is 4.47. The first-order valence-electron chi connectivity index (χ1n) is 8.33. The van der Waals surface area contributed by atoms with E-state index in [1.807, 2.05) is 30.0 Å². The molecule has 0 unspecified atom stereocenters. The average Bonchev–Trinajstić information content (AvgIpc) is 3.39. The van der Waals surface area contributed by atoms with Crippen LogP contribution in [-0.2, 0) is 11.2 Å². The van der Waals surface area contributed by atoms with Gasteiger partial charge in [-0.1, -0.05) is 12.1 Å².